The van der Waals surface area contributed by atoms with Crippen molar-refractivity contribution in [2.24, 2.45) is 5.92 Å². The maximum absolute atomic E-state index is 12.4. The van der Waals surface area contributed by atoms with Gasteiger partial charge < -0.3 is 10.1 Å². The SMILES string of the molecule is Cc1[nH]c(C(=O)O)c(C)c1S(=O)(=O)NCC1CCCCC1. The summed E-state index contributed by atoms with van der Waals surface area (Å²) in [7, 11) is -3.68. The van der Waals surface area contributed by atoms with Crippen LogP contribution in [0, 0.1) is 19.8 Å². The average molecular weight is 314 g/mol. The van der Waals surface area contributed by atoms with Crippen LogP contribution in [0.4, 0.5) is 0 Å². The molecule has 21 heavy (non-hydrogen) atoms. The predicted molar refractivity (Wildman–Crippen MR) is 79.0 cm³/mol. The smallest absolute Gasteiger partial charge is 0.352 e. The first kappa shape index (κ1) is 16.0. The minimum atomic E-state index is -3.68. The van der Waals surface area contributed by atoms with Crippen LogP contribution in [0.15, 0.2) is 4.90 Å². The largest absolute Gasteiger partial charge is 0.477 e. The number of hydrogen-bond acceptors (Lipinski definition) is 3. The Hall–Kier alpha value is -1.34. The lowest BCUT2D eigenvalue weighted by molar-refractivity contribution is 0.0690. The van der Waals surface area contributed by atoms with Crippen LogP contribution in [0.5, 0.6) is 0 Å². The van der Waals surface area contributed by atoms with Crippen LogP contribution < -0.4 is 4.72 Å². The van der Waals surface area contributed by atoms with Gasteiger partial charge in [0.25, 0.3) is 0 Å². The molecule has 0 radical (unpaired) electrons. The lowest BCUT2D eigenvalue weighted by Gasteiger charge is -2.21. The summed E-state index contributed by atoms with van der Waals surface area (Å²) in [5.41, 5.74) is 0.558. The van der Waals surface area contributed by atoms with Crippen LogP contribution in [0.1, 0.15) is 53.8 Å². The van der Waals surface area contributed by atoms with Gasteiger partial charge in [0.15, 0.2) is 0 Å². The summed E-state index contributed by atoms with van der Waals surface area (Å²) in [6, 6.07) is 0. The minimum absolute atomic E-state index is 0.0643. The van der Waals surface area contributed by atoms with E-state index in [2.05, 4.69) is 9.71 Å². The van der Waals surface area contributed by atoms with Crippen molar-refractivity contribution in [3.05, 3.63) is 17.0 Å². The Morgan fingerprint density at radius 3 is 2.43 bits per heavy atom. The molecule has 1 aliphatic rings. The fourth-order valence-corrected chi connectivity index (χ4v) is 4.60. The number of sulfonamides is 1. The van der Waals surface area contributed by atoms with Gasteiger partial charge in [0.2, 0.25) is 10.0 Å². The molecule has 0 saturated heterocycles. The summed E-state index contributed by atoms with van der Waals surface area (Å²) >= 11 is 0. The van der Waals surface area contributed by atoms with E-state index in [1.54, 1.807) is 6.92 Å². The van der Waals surface area contributed by atoms with Gasteiger partial charge in [0.05, 0.1) is 0 Å². The van der Waals surface area contributed by atoms with Gasteiger partial charge >= 0.3 is 5.97 Å². The molecular formula is C14H22N2O4S. The molecule has 0 aromatic carbocycles. The second kappa shape index (κ2) is 6.19. The molecule has 1 heterocycles. The number of hydrogen-bond donors (Lipinski definition) is 3. The number of carbonyl (C=O) groups is 1. The summed E-state index contributed by atoms with van der Waals surface area (Å²) in [5, 5.41) is 9.06. The molecule has 1 saturated carbocycles. The van der Waals surface area contributed by atoms with E-state index in [0.29, 0.717) is 18.2 Å². The third-order valence-corrected chi connectivity index (χ3v) is 5.83. The Kier molecular flexibility index (Phi) is 4.73. The van der Waals surface area contributed by atoms with Gasteiger partial charge in [-0.1, -0.05) is 19.3 Å². The van der Waals surface area contributed by atoms with Crippen molar-refractivity contribution in [1.82, 2.24) is 9.71 Å². The van der Waals surface area contributed by atoms with E-state index >= 15 is 0 Å². The molecular weight excluding hydrogens is 292 g/mol. The van der Waals surface area contributed by atoms with E-state index in [1.807, 2.05) is 0 Å². The third kappa shape index (κ3) is 3.47. The molecule has 1 aromatic heterocycles. The van der Waals surface area contributed by atoms with Gasteiger partial charge in [0.1, 0.15) is 10.6 Å². The molecule has 118 valence electrons. The Morgan fingerprint density at radius 1 is 1.29 bits per heavy atom. The number of carboxylic acid groups (broad SMARTS) is 1. The lowest BCUT2D eigenvalue weighted by Crippen LogP contribution is -2.31. The Balaban J connectivity index is 2.17. The van der Waals surface area contributed by atoms with Crippen LogP contribution in [-0.2, 0) is 10.0 Å². The highest BCUT2D eigenvalue weighted by Gasteiger charge is 2.27. The highest BCUT2D eigenvalue weighted by molar-refractivity contribution is 7.89. The number of rotatable bonds is 5. The van der Waals surface area contributed by atoms with Crippen molar-refractivity contribution in [3.8, 4) is 0 Å². The van der Waals surface area contributed by atoms with E-state index in [0.717, 1.165) is 25.7 Å². The summed E-state index contributed by atoms with van der Waals surface area (Å²) < 4.78 is 27.5. The van der Waals surface area contributed by atoms with E-state index < -0.39 is 16.0 Å². The summed E-state index contributed by atoms with van der Waals surface area (Å²) in [6.07, 6.45) is 5.62. The van der Waals surface area contributed by atoms with E-state index in [9.17, 15) is 13.2 Å². The quantitative estimate of drug-likeness (QED) is 0.775. The fraction of sp³-hybridized carbons (Fsp3) is 0.643. The molecule has 0 bridgehead atoms. The zero-order chi connectivity index (χ0) is 15.6. The van der Waals surface area contributed by atoms with Crippen molar-refractivity contribution in [1.29, 1.82) is 0 Å². The molecule has 7 heteroatoms. The molecule has 0 aliphatic heterocycles. The van der Waals surface area contributed by atoms with Crippen molar-refractivity contribution in [2.45, 2.75) is 50.8 Å². The Bertz CT molecular complexity index is 628. The first-order valence-corrected chi connectivity index (χ1v) is 8.73. The predicted octanol–water partition coefficient (Wildman–Crippen LogP) is 2.19. The molecule has 0 spiro atoms. The van der Waals surface area contributed by atoms with E-state index in [1.165, 1.54) is 13.3 Å². The first-order chi connectivity index (χ1) is 9.83. The molecule has 0 atom stereocenters. The standard InChI is InChI=1S/C14H22N2O4S/c1-9-12(14(17)18)16-10(2)13(9)21(19,20)15-8-11-6-4-3-5-7-11/h11,15-16H,3-8H2,1-2H3,(H,17,18). The van der Waals surface area contributed by atoms with Crippen molar-refractivity contribution in [2.75, 3.05) is 6.54 Å². The van der Waals surface area contributed by atoms with Gasteiger partial charge in [-0.25, -0.2) is 17.9 Å². The number of aromatic carboxylic acids is 1. The van der Waals surface area contributed by atoms with Gasteiger partial charge in [-0.2, -0.15) is 0 Å². The zero-order valence-electron chi connectivity index (χ0n) is 12.4. The summed E-state index contributed by atoms with van der Waals surface area (Å²) in [4.78, 5) is 13.8. The number of aromatic nitrogens is 1. The molecule has 6 nitrogen and oxygen atoms in total. The minimum Gasteiger partial charge on any atom is -0.477 e. The molecule has 1 fully saturated rings. The normalized spacial score (nSPS) is 17.0. The maximum atomic E-state index is 12.4. The van der Waals surface area contributed by atoms with E-state index in [4.69, 9.17) is 5.11 Å². The number of H-pyrrole nitrogens is 1. The molecule has 0 unspecified atom stereocenters. The third-order valence-electron chi connectivity index (χ3n) is 4.14. The van der Waals surface area contributed by atoms with Crippen molar-refractivity contribution < 1.29 is 18.3 Å². The first-order valence-electron chi connectivity index (χ1n) is 7.25. The molecule has 1 aromatic rings. The van der Waals surface area contributed by atoms with E-state index in [-0.39, 0.29) is 16.2 Å². The summed E-state index contributed by atoms with van der Waals surface area (Å²) in [5.74, 6) is -0.767. The number of carboxylic acids is 1. The molecule has 2 rings (SSSR count). The van der Waals surface area contributed by atoms with Gasteiger partial charge in [-0.05, 0) is 32.6 Å². The highest BCUT2D eigenvalue weighted by Crippen LogP contribution is 2.25. The topological polar surface area (TPSA) is 99.3 Å². The summed E-state index contributed by atoms with van der Waals surface area (Å²) in [6.45, 7) is 3.52. The Labute approximate surface area is 125 Å². The molecule has 3 N–H and O–H groups in total. The van der Waals surface area contributed by atoms with Gasteiger partial charge in [-0.15, -0.1) is 0 Å². The maximum Gasteiger partial charge on any atom is 0.352 e. The highest BCUT2D eigenvalue weighted by atomic mass is 32.2. The number of nitrogens with one attached hydrogen (secondary N) is 2. The lowest BCUT2D eigenvalue weighted by atomic mass is 9.90. The van der Waals surface area contributed by atoms with Gasteiger partial charge in [0, 0.05) is 17.8 Å². The monoisotopic (exact) mass is 314 g/mol. The molecule has 0 amide bonds. The van der Waals surface area contributed by atoms with Crippen LogP contribution in [0.3, 0.4) is 0 Å². The zero-order valence-corrected chi connectivity index (χ0v) is 13.2. The van der Waals surface area contributed by atoms with Crippen LogP contribution in [-0.4, -0.2) is 31.0 Å². The van der Waals surface area contributed by atoms with Crippen molar-refractivity contribution in [3.63, 3.8) is 0 Å². The average Bonchev–Trinajstić information content (AvgIpc) is 2.74. The van der Waals surface area contributed by atoms with Crippen LogP contribution in [0.2, 0.25) is 0 Å². The molecule has 1 aliphatic carbocycles. The number of aromatic amines is 1. The number of aryl methyl sites for hydroxylation is 1. The fourth-order valence-electron chi connectivity index (χ4n) is 3.04. The second-order valence-corrected chi connectivity index (χ2v) is 7.44. The van der Waals surface area contributed by atoms with Crippen molar-refractivity contribution >= 4 is 16.0 Å². The van der Waals surface area contributed by atoms with Crippen LogP contribution in [0.25, 0.3) is 0 Å². The van der Waals surface area contributed by atoms with Crippen LogP contribution >= 0.6 is 0 Å². The Morgan fingerprint density at radius 2 is 1.90 bits per heavy atom. The van der Waals surface area contributed by atoms with Gasteiger partial charge in [-0.3, -0.25) is 0 Å². The second-order valence-electron chi connectivity index (χ2n) is 5.74.